The lowest BCUT2D eigenvalue weighted by Gasteiger charge is -2.13. The van der Waals surface area contributed by atoms with Gasteiger partial charge in [0.15, 0.2) is 5.96 Å². The van der Waals surface area contributed by atoms with E-state index in [1.807, 2.05) is 37.3 Å². The third-order valence-electron chi connectivity index (χ3n) is 3.92. The standard InChI is InChI=1S/C21H30N4O4/c1-4-22-21(23-10-6-11-28-15-18-7-5-12-29-18)24-14-17-8-9-20(27-3)19(13-17)25-16(2)26/h5,7-9,12-13H,4,6,10-11,14-15H2,1-3H3,(H,25,26)(H2,22,23,24). The zero-order valence-electron chi connectivity index (χ0n) is 17.3. The number of furan rings is 1. The number of rotatable bonds is 11. The largest absolute Gasteiger partial charge is 0.495 e. The van der Waals surface area contributed by atoms with Crippen molar-refractivity contribution in [2.45, 2.75) is 33.4 Å². The molecule has 8 nitrogen and oxygen atoms in total. The van der Waals surface area contributed by atoms with E-state index in [-0.39, 0.29) is 5.91 Å². The first-order valence-corrected chi connectivity index (χ1v) is 9.69. The van der Waals surface area contributed by atoms with Crippen LogP contribution in [-0.2, 0) is 22.7 Å². The van der Waals surface area contributed by atoms with Crippen molar-refractivity contribution in [3.8, 4) is 5.75 Å². The number of nitrogens with one attached hydrogen (secondary N) is 3. The minimum atomic E-state index is -0.145. The van der Waals surface area contributed by atoms with Crippen LogP contribution in [0.1, 0.15) is 31.6 Å². The van der Waals surface area contributed by atoms with Gasteiger partial charge < -0.3 is 29.8 Å². The summed E-state index contributed by atoms with van der Waals surface area (Å²) < 4.78 is 16.1. The van der Waals surface area contributed by atoms with Gasteiger partial charge in [0, 0.05) is 26.6 Å². The van der Waals surface area contributed by atoms with Gasteiger partial charge in [0.05, 0.1) is 25.6 Å². The molecular formula is C21H30N4O4. The minimum absolute atomic E-state index is 0.145. The molecule has 0 aliphatic heterocycles. The summed E-state index contributed by atoms with van der Waals surface area (Å²) in [7, 11) is 1.57. The van der Waals surface area contributed by atoms with E-state index in [2.05, 4.69) is 20.9 Å². The molecule has 1 aromatic heterocycles. The van der Waals surface area contributed by atoms with Crippen LogP contribution in [0.2, 0.25) is 0 Å². The number of hydrogen-bond acceptors (Lipinski definition) is 5. The molecule has 29 heavy (non-hydrogen) atoms. The van der Waals surface area contributed by atoms with Gasteiger partial charge in [-0.3, -0.25) is 4.79 Å². The Balaban J connectivity index is 1.82. The van der Waals surface area contributed by atoms with Crippen LogP contribution >= 0.6 is 0 Å². The van der Waals surface area contributed by atoms with Gasteiger partial charge in [-0.2, -0.15) is 0 Å². The average Bonchev–Trinajstić information content (AvgIpc) is 3.22. The first-order chi connectivity index (χ1) is 14.1. The van der Waals surface area contributed by atoms with Gasteiger partial charge in [-0.1, -0.05) is 6.07 Å². The quantitative estimate of drug-likeness (QED) is 0.304. The highest BCUT2D eigenvalue weighted by Crippen LogP contribution is 2.25. The molecule has 3 N–H and O–H groups in total. The maximum Gasteiger partial charge on any atom is 0.221 e. The van der Waals surface area contributed by atoms with E-state index in [0.29, 0.717) is 31.2 Å². The van der Waals surface area contributed by atoms with Crippen LogP contribution in [0.3, 0.4) is 0 Å². The van der Waals surface area contributed by atoms with Crippen molar-refractivity contribution in [2.75, 3.05) is 32.1 Å². The lowest BCUT2D eigenvalue weighted by molar-refractivity contribution is -0.114. The normalized spacial score (nSPS) is 11.2. The highest BCUT2D eigenvalue weighted by atomic mass is 16.5. The fraction of sp³-hybridized carbons (Fsp3) is 0.429. The van der Waals surface area contributed by atoms with E-state index in [4.69, 9.17) is 13.9 Å². The molecule has 0 fully saturated rings. The zero-order valence-corrected chi connectivity index (χ0v) is 17.3. The Morgan fingerprint density at radius 1 is 1.24 bits per heavy atom. The second kappa shape index (κ2) is 12.5. The van der Waals surface area contributed by atoms with Crippen LogP contribution in [0.25, 0.3) is 0 Å². The SMILES string of the molecule is CCNC(=NCc1ccc(OC)c(NC(C)=O)c1)NCCCOCc1ccco1. The number of aliphatic imine (C=N–C) groups is 1. The third-order valence-corrected chi connectivity index (χ3v) is 3.92. The summed E-state index contributed by atoms with van der Waals surface area (Å²) in [5.41, 5.74) is 1.60. The molecule has 1 amide bonds. The van der Waals surface area contributed by atoms with Crippen molar-refractivity contribution >= 4 is 17.6 Å². The minimum Gasteiger partial charge on any atom is -0.495 e. The van der Waals surface area contributed by atoms with Crippen molar-refractivity contribution in [3.63, 3.8) is 0 Å². The second-order valence-corrected chi connectivity index (χ2v) is 6.32. The number of carbonyl (C=O) groups is 1. The van der Waals surface area contributed by atoms with Gasteiger partial charge in [0.25, 0.3) is 0 Å². The van der Waals surface area contributed by atoms with Gasteiger partial charge in [-0.05, 0) is 43.2 Å². The van der Waals surface area contributed by atoms with Crippen LogP contribution < -0.4 is 20.7 Å². The van der Waals surface area contributed by atoms with E-state index >= 15 is 0 Å². The molecule has 1 heterocycles. The first kappa shape index (κ1) is 22.3. The maximum atomic E-state index is 11.4. The van der Waals surface area contributed by atoms with Crippen LogP contribution in [0.15, 0.2) is 46.0 Å². The van der Waals surface area contributed by atoms with Gasteiger partial charge in [-0.25, -0.2) is 4.99 Å². The molecule has 0 saturated carbocycles. The molecule has 0 atom stereocenters. The molecule has 0 saturated heterocycles. The molecule has 0 unspecified atom stereocenters. The van der Waals surface area contributed by atoms with Crippen molar-refractivity contribution in [1.82, 2.24) is 10.6 Å². The number of guanidine groups is 1. The topological polar surface area (TPSA) is 97.1 Å². The van der Waals surface area contributed by atoms with Crippen molar-refractivity contribution < 1.29 is 18.7 Å². The molecule has 158 valence electrons. The predicted octanol–water partition coefficient (Wildman–Crippen LogP) is 2.91. The number of anilines is 1. The Labute approximate surface area is 171 Å². The zero-order chi connectivity index (χ0) is 20.9. The van der Waals surface area contributed by atoms with Crippen LogP contribution in [0, 0.1) is 0 Å². The summed E-state index contributed by atoms with van der Waals surface area (Å²) in [6, 6.07) is 9.37. The van der Waals surface area contributed by atoms with Gasteiger partial charge in [0.1, 0.15) is 18.1 Å². The monoisotopic (exact) mass is 402 g/mol. The number of benzene rings is 1. The highest BCUT2D eigenvalue weighted by Gasteiger charge is 2.06. The number of carbonyl (C=O) groups excluding carboxylic acids is 1. The summed E-state index contributed by atoms with van der Waals surface area (Å²) in [6.07, 6.45) is 2.49. The Kier molecular flexibility index (Phi) is 9.57. The smallest absolute Gasteiger partial charge is 0.221 e. The third kappa shape index (κ3) is 8.27. The second-order valence-electron chi connectivity index (χ2n) is 6.32. The highest BCUT2D eigenvalue weighted by molar-refractivity contribution is 5.90. The summed E-state index contributed by atoms with van der Waals surface area (Å²) in [6.45, 7) is 6.58. The molecule has 0 radical (unpaired) electrons. The summed E-state index contributed by atoms with van der Waals surface area (Å²) in [5, 5.41) is 9.30. The van der Waals surface area contributed by atoms with Crippen molar-refractivity contribution in [1.29, 1.82) is 0 Å². The molecule has 1 aromatic carbocycles. The molecule has 2 aromatic rings. The average molecular weight is 402 g/mol. The molecule has 2 rings (SSSR count). The van der Waals surface area contributed by atoms with Gasteiger partial charge in [-0.15, -0.1) is 0 Å². The number of methoxy groups -OCH3 is 1. The maximum absolute atomic E-state index is 11.4. The number of hydrogen-bond donors (Lipinski definition) is 3. The van der Waals surface area contributed by atoms with E-state index in [0.717, 1.165) is 36.8 Å². The lowest BCUT2D eigenvalue weighted by Crippen LogP contribution is -2.38. The summed E-state index contributed by atoms with van der Waals surface area (Å²) >= 11 is 0. The Morgan fingerprint density at radius 3 is 2.79 bits per heavy atom. The Bertz CT molecular complexity index is 775. The molecule has 8 heteroatoms. The predicted molar refractivity (Wildman–Crippen MR) is 113 cm³/mol. The molecule has 0 spiro atoms. The molecule has 0 aliphatic rings. The number of ether oxygens (including phenoxy) is 2. The van der Waals surface area contributed by atoms with Gasteiger partial charge in [0.2, 0.25) is 5.91 Å². The first-order valence-electron chi connectivity index (χ1n) is 9.69. The Morgan fingerprint density at radius 2 is 2.10 bits per heavy atom. The van der Waals surface area contributed by atoms with Gasteiger partial charge >= 0.3 is 0 Å². The van der Waals surface area contributed by atoms with E-state index in [1.54, 1.807) is 13.4 Å². The van der Waals surface area contributed by atoms with Crippen molar-refractivity contribution in [3.05, 3.63) is 47.9 Å². The van der Waals surface area contributed by atoms with Crippen LogP contribution in [-0.4, -0.2) is 38.7 Å². The fourth-order valence-corrected chi connectivity index (χ4v) is 2.60. The molecule has 0 aliphatic carbocycles. The van der Waals surface area contributed by atoms with Crippen molar-refractivity contribution in [2.24, 2.45) is 4.99 Å². The summed E-state index contributed by atoms with van der Waals surface area (Å²) in [5.74, 6) is 2.03. The van der Waals surface area contributed by atoms with Crippen LogP contribution in [0.4, 0.5) is 5.69 Å². The number of nitrogens with zero attached hydrogens (tertiary/aromatic N) is 1. The van der Waals surface area contributed by atoms with E-state index in [9.17, 15) is 4.79 Å². The number of amides is 1. The lowest BCUT2D eigenvalue weighted by atomic mass is 10.2. The van der Waals surface area contributed by atoms with E-state index in [1.165, 1.54) is 6.92 Å². The molecular weight excluding hydrogens is 372 g/mol. The fourth-order valence-electron chi connectivity index (χ4n) is 2.60. The van der Waals surface area contributed by atoms with Crippen LogP contribution in [0.5, 0.6) is 5.75 Å². The van der Waals surface area contributed by atoms with E-state index < -0.39 is 0 Å². The Hall–Kier alpha value is -3.00. The molecule has 0 bridgehead atoms. The summed E-state index contributed by atoms with van der Waals surface area (Å²) in [4.78, 5) is 16.0.